The van der Waals surface area contributed by atoms with Crippen molar-refractivity contribution in [2.45, 2.75) is 19.4 Å². The molecule has 1 unspecified atom stereocenters. The molecule has 0 spiro atoms. The van der Waals surface area contributed by atoms with Gasteiger partial charge in [0.15, 0.2) is 5.17 Å². The van der Waals surface area contributed by atoms with Crippen LogP contribution < -0.4 is 10.6 Å². The number of benzene rings is 3. The van der Waals surface area contributed by atoms with Crippen LogP contribution in [0.15, 0.2) is 101 Å². The summed E-state index contributed by atoms with van der Waals surface area (Å²) in [6, 6.07) is 22.4. The maximum Gasteiger partial charge on any atom is 0.269 e. The first-order chi connectivity index (χ1) is 19.4. The first-order valence-electron chi connectivity index (χ1n) is 12.8. The van der Waals surface area contributed by atoms with E-state index in [1.165, 1.54) is 18.2 Å². The van der Waals surface area contributed by atoms with Crippen LogP contribution in [-0.4, -0.2) is 39.1 Å². The van der Waals surface area contributed by atoms with E-state index in [9.17, 15) is 19.7 Å². The highest BCUT2D eigenvalue weighted by atomic mass is 32.2. The van der Waals surface area contributed by atoms with Gasteiger partial charge in [-0.05, 0) is 66.9 Å². The fraction of sp³-hybridized carbons (Fsp3) is 0.167. The van der Waals surface area contributed by atoms with E-state index in [-0.39, 0.29) is 23.5 Å². The first-order valence-corrected chi connectivity index (χ1v) is 13.8. The van der Waals surface area contributed by atoms with Gasteiger partial charge in [-0.2, -0.15) is 0 Å². The number of nitro benzene ring substituents is 1. The zero-order valence-electron chi connectivity index (χ0n) is 21.7. The summed E-state index contributed by atoms with van der Waals surface area (Å²) in [5, 5.41) is 17.6. The molecule has 0 radical (unpaired) electrons. The van der Waals surface area contributed by atoms with Gasteiger partial charge >= 0.3 is 0 Å². The molecule has 2 N–H and O–H groups in total. The average molecular weight is 554 g/mol. The predicted octanol–water partition coefficient (Wildman–Crippen LogP) is 6.01. The van der Waals surface area contributed by atoms with Crippen molar-refractivity contribution in [3.05, 3.63) is 117 Å². The predicted molar refractivity (Wildman–Crippen MR) is 159 cm³/mol. The second kappa shape index (κ2) is 12.0. The largest absolute Gasteiger partial charge is 0.340 e. The number of carbonyl (C=O) groups is 2. The van der Waals surface area contributed by atoms with Crippen LogP contribution in [0.2, 0.25) is 0 Å². The third-order valence-corrected chi connectivity index (χ3v) is 7.61. The number of para-hydroxylation sites is 1. The van der Waals surface area contributed by atoms with Gasteiger partial charge in [-0.3, -0.25) is 19.7 Å². The number of allylic oxidation sites excluding steroid dienone is 1. The maximum atomic E-state index is 13.6. The Morgan fingerprint density at radius 1 is 1.02 bits per heavy atom. The van der Waals surface area contributed by atoms with E-state index in [0.717, 1.165) is 29.4 Å². The van der Waals surface area contributed by atoms with Gasteiger partial charge in [0.05, 0.1) is 22.2 Å². The molecule has 2 amide bonds. The number of nitrogens with one attached hydrogen (secondary N) is 2. The quantitative estimate of drug-likeness (QED) is 0.210. The first kappa shape index (κ1) is 26.9. The van der Waals surface area contributed by atoms with Gasteiger partial charge in [-0.1, -0.05) is 42.1 Å². The summed E-state index contributed by atoms with van der Waals surface area (Å²) in [4.78, 5) is 43.6. The smallest absolute Gasteiger partial charge is 0.269 e. The molecule has 0 aliphatic carbocycles. The summed E-state index contributed by atoms with van der Waals surface area (Å²) in [7, 11) is 0. The number of hydrogen-bond acceptors (Lipinski definition) is 7. The van der Waals surface area contributed by atoms with Crippen molar-refractivity contribution in [1.29, 1.82) is 0 Å². The van der Waals surface area contributed by atoms with Crippen LogP contribution in [0.3, 0.4) is 0 Å². The number of rotatable bonds is 7. The molecule has 5 rings (SSSR count). The van der Waals surface area contributed by atoms with Crippen LogP contribution in [0, 0.1) is 10.1 Å². The average Bonchev–Trinajstić information content (AvgIpc) is 2.96. The van der Waals surface area contributed by atoms with E-state index in [1.807, 2.05) is 55.5 Å². The highest BCUT2D eigenvalue weighted by molar-refractivity contribution is 8.13. The molecule has 2 aliphatic heterocycles. The van der Waals surface area contributed by atoms with Gasteiger partial charge in [0.1, 0.15) is 0 Å². The van der Waals surface area contributed by atoms with E-state index in [1.54, 1.807) is 36.0 Å². The molecule has 0 aromatic heterocycles. The molecular formula is C30H27N5O4S. The van der Waals surface area contributed by atoms with Gasteiger partial charge in [0.25, 0.3) is 11.6 Å². The second-order valence-electron chi connectivity index (χ2n) is 9.31. The Labute approximate surface area is 235 Å². The van der Waals surface area contributed by atoms with Crippen LogP contribution in [0.5, 0.6) is 0 Å². The minimum Gasteiger partial charge on any atom is -0.340 e. The summed E-state index contributed by atoms with van der Waals surface area (Å²) in [5.41, 5.74) is 4.05. The standard InChI is InChI=1S/C30H27N5O4S/c1-20-27(29(37)33-23-8-3-2-4-9-23)28(34-17-6-18-40-30(34)31-20)22-7-5-10-24(19-22)32-26(36)16-13-21-11-14-25(15-12-21)35(38)39/h2-5,7-16,19,28H,6,17-18H2,1H3,(H,32,36)(H,33,37). The van der Waals surface area contributed by atoms with Gasteiger partial charge < -0.3 is 15.5 Å². The molecule has 1 atom stereocenters. The van der Waals surface area contributed by atoms with Crippen LogP contribution in [0.1, 0.15) is 30.5 Å². The lowest BCUT2D eigenvalue weighted by atomic mass is 9.93. The minimum absolute atomic E-state index is 0.0115. The molecule has 3 aromatic carbocycles. The van der Waals surface area contributed by atoms with Crippen molar-refractivity contribution in [2.24, 2.45) is 4.99 Å². The molecule has 1 saturated heterocycles. The molecule has 40 heavy (non-hydrogen) atoms. The summed E-state index contributed by atoms with van der Waals surface area (Å²) < 4.78 is 0. The Bertz CT molecular complexity index is 1530. The Kier molecular flexibility index (Phi) is 8.07. The fourth-order valence-corrected chi connectivity index (χ4v) is 5.69. The van der Waals surface area contributed by atoms with Gasteiger partial charge in [0.2, 0.25) is 5.91 Å². The lowest BCUT2D eigenvalue weighted by Gasteiger charge is -2.41. The third-order valence-electron chi connectivity index (χ3n) is 6.54. The number of carbonyl (C=O) groups excluding carboxylic acids is 2. The molecule has 10 heteroatoms. The van der Waals surface area contributed by atoms with E-state index in [4.69, 9.17) is 4.99 Å². The topological polar surface area (TPSA) is 117 Å². The third kappa shape index (κ3) is 6.13. The highest BCUT2D eigenvalue weighted by Crippen LogP contribution is 2.40. The summed E-state index contributed by atoms with van der Waals surface area (Å²) >= 11 is 1.68. The fourth-order valence-electron chi connectivity index (χ4n) is 4.67. The molecule has 1 fully saturated rings. The molecule has 2 aliphatic rings. The van der Waals surface area contributed by atoms with Gasteiger partial charge in [-0.15, -0.1) is 0 Å². The Morgan fingerprint density at radius 3 is 2.52 bits per heavy atom. The lowest BCUT2D eigenvalue weighted by Crippen LogP contribution is -2.43. The van der Waals surface area contributed by atoms with Crippen molar-refractivity contribution < 1.29 is 14.5 Å². The monoisotopic (exact) mass is 553 g/mol. The summed E-state index contributed by atoms with van der Waals surface area (Å²) in [6.07, 6.45) is 3.94. The highest BCUT2D eigenvalue weighted by Gasteiger charge is 2.37. The normalized spacial score (nSPS) is 16.8. The number of nitrogens with zero attached hydrogens (tertiary/aromatic N) is 3. The molecular weight excluding hydrogens is 526 g/mol. The van der Waals surface area contributed by atoms with Crippen LogP contribution in [0.4, 0.5) is 17.1 Å². The number of anilines is 2. The van der Waals surface area contributed by atoms with Gasteiger partial charge in [0, 0.05) is 41.9 Å². The number of hydrogen-bond donors (Lipinski definition) is 2. The lowest BCUT2D eigenvalue weighted by molar-refractivity contribution is -0.384. The number of amidine groups is 1. The van der Waals surface area contributed by atoms with E-state index >= 15 is 0 Å². The summed E-state index contributed by atoms with van der Waals surface area (Å²) in [6.45, 7) is 2.63. The van der Waals surface area contributed by atoms with Crippen molar-refractivity contribution in [2.75, 3.05) is 22.9 Å². The Balaban J connectivity index is 1.39. The number of amides is 2. The maximum absolute atomic E-state index is 13.6. The summed E-state index contributed by atoms with van der Waals surface area (Å²) in [5.74, 6) is 0.411. The molecule has 0 saturated carbocycles. The van der Waals surface area contributed by atoms with E-state index < -0.39 is 4.92 Å². The number of thioether (sulfide) groups is 1. The SMILES string of the molecule is CC1=C(C(=O)Nc2ccccc2)C(c2cccc(NC(=O)C=Cc3ccc([N+](=O)[O-])cc3)c2)N2CCCSC2=N1. The van der Waals surface area contributed by atoms with Crippen LogP contribution in [0.25, 0.3) is 6.08 Å². The zero-order valence-corrected chi connectivity index (χ0v) is 22.6. The van der Waals surface area contributed by atoms with E-state index in [2.05, 4.69) is 15.5 Å². The number of non-ortho nitro benzene ring substituents is 1. The van der Waals surface area contributed by atoms with Crippen molar-refractivity contribution in [3.63, 3.8) is 0 Å². The second-order valence-corrected chi connectivity index (χ2v) is 10.4. The molecule has 2 heterocycles. The van der Waals surface area contributed by atoms with Crippen LogP contribution >= 0.6 is 11.8 Å². The van der Waals surface area contributed by atoms with Crippen LogP contribution in [-0.2, 0) is 9.59 Å². The Hall–Kier alpha value is -4.70. The molecule has 0 bridgehead atoms. The zero-order chi connectivity index (χ0) is 28.1. The Morgan fingerprint density at radius 2 is 1.77 bits per heavy atom. The molecule has 3 aromatic rings. The minimum atomic E-state index is -0.468. The number of fused-ring (bicyclic) bond motifs is 1. The van der Waals surface area contributed by atoms with E-state index in [0.29, 0.717) is 28.2 Å². The number of nitro groups is 1. The van der Waals surface area contributed by atoms with Crippen molar-refractivity contribution in [3.8, 4) is 0 Å². The number of aliphatic imine (C=N–C) groups is 1. The molecule has 9 nitrogen and oxygen atoms in total. The van der Waals surface area contributed by atoms with Gasteiger partial charge in [-0.25, -0.2) is 4.99 Å². The molecule has 202 valence electrons. The van der Waals surface area contributed by atoms with Crippen molar-refractivity contribution >= 4 is 51.9 Å². The van der Waals surface area contributed by atoms with Crippen molar-refractivity contribution in [1.82, 2.24) is 4.90 Å².